The molecule has 0 saturated carbocycles. The van der Waals surface area contributed by atoms with Gasteiger partial charge in [-0.2, -0.15) is 0 Å². The topological polar surface area (TPSA) is 117 Å². The Balaban J connectivity index is 1.67. The van der Waals surface area contributed by atoms with E-state index in [2.05, 4.69) is 15.3 Å². The largest absolute Gasteiger partial charge is 0.441 e. The molecule has 0 bridgehead atoms. The average Bonchev–Trinajstić information content (AvgIpc) is 3.18. The van der Waals surface area contributed by atoms with E-state index in [0.29, 0.717) is 22.7 Å². The number of nitrogens with zero attached hydrogens (tertiary/aromatic N) is 5. The predicted octanol–water partition coefficient (Wildman–Crippen LogP) is 0.522. The Labute approximate surface area is 151 Å². The number of hydrogen-bond acceptors (Lipinski definition) is 6. The standard InChI is InChI=1S/C17H16N6O4/c1-9-19-11-6-10(4-5-12(11)27-9)20-13(24)7-23-16(25)14-15(18-8-21(14)2)22(3)17(23)26/h4-6,8H,7H2,1-3H3,(H,20,24). The van der Waals surface area contributed by atoms with Gasteiger partial charge in [0.05, 0.1) is 6.33 Å². The molecule has 0 aliphatic carbocycles. The quantitative estimate of drug-likeness (QED) is 0.563. The van der Waals surface area contributed by atoms with Crippen LogP contribution in [0.25, 0.3) is 22.3 Å². The summed E-state index contributed by atoms with van der Waals surface area (Å²) in [4.78, 5) is 45.8. The highest BCUT2D eigenvalue weighted by Gasteiger charge is 2.17. The summed E-state index contributed by atoms with van der Waals surface area (Å²) in [6, 6.07) is 5.02. The molecule has 0 aliphatic heterocycles. The second kappa shape index (κ2) is 5.94. The molecule has 4 rings (SSSR count). The number of anilines is 1. The molecule has 27 heavy (non-hydrogen) atoms. The zero-order valence-electron chi connectivity index (χ0n) is 14.9. The van der Waals surface area contributed by atoms with Crippen LogP contribution in [0.4, 0.5) is 5.69 Å². The molecule has 0 spiro atoms. The highest BCUT2D eigenvalue weighted by atomic mass is 16.3. The van der Waals surface area contributed by atoms with Gasteiger partial charge in [-0.3, -0.25) is 14.2 Å². The Bertz CT molecular complexity index is 1320. The molecular formula is C17H16N6O4. The van der Waals surface area contributed by atoms with E-state index in [1.54, 1.807) is 32.2 Å². The van der Waals surface area contributed by atoms with E-state index in [-0.39, 0.29) is 11.2 Å². The van der Waals surface area contributed by atoms with Crippen LogP contribution in [-0.2, 0) is 25.4 Å². The molecule has 1 aromatic carbocycles. The Morgan fingerprint density at radius 1 is 1.26 bits per heavy atom. The molecular weight excluding hydrogens is 352 g/mol. The first kappa shape index (κ1) is 16.8. The first-order valence-corrected chi connectivity index (χ1v) is 8.13. The summed E-state index contributed by atoms with van der Waals surface area (Å²) in [5, 5.41) is 2.67. The van der Waals surface area contributed by atoms with Crippen molar-refractivity contribution in [1.29, 1.82) is 0 Å². The van der Waals surface area contributed by atoms with Gasteiger partial charge in [0.25, 0.3) is 5.56 Å². The number of imidazole rings is 1. The fraction of sp³-hybridized carbons (Fsp3) is 0.235. The van der Waals surface area contributed by atoms with Gasteiger partial charge in [0.1, 0.15) is 12.1 Å². The van der Waals surface area contributed by atoms with Crippen molar-refractivity contribution in [3.8, 4) is 0 Å². The third-order valence-electron chi connectivity index (χ3n) is 4.28. The molecule has 0 aliphatic rings. The van der Waals surface area contributed by atoms with E-state index >= 15 is 0 Å². The zero-order chi connectivity index (χ0) is 19.3. The number of aryl methyl sites for hydroxylation is 3. The summed E-state index contributed by atoms with van der Waals surface area (Å²) in [6.45, 7) is 1.32. The summed E-state index contributed by atoms with van der Waals surface area (Å²) in [6.07, 6.45) is 1.45. The maximum absolute atomic E-state index is 12.6. The summed E-state index contributed by atoms with van der Waals surface area (Å²) < 4.78 is 9.04. The monoisotopic (exact) mass is 368 g/mol. The molecule has 1 N–H and O–H groups in total. The van der Waals surface area contributed by atoms with Crippen LogP contribution in [0, 0.1) is 6.92 Å². The zero-order valence-corrected chi connectivity index (χ0v) is 14.9. The average molecular weight is 368 g/mol. The highest BCUT2D eigenvalue weighted by molar-refractivity contribution is 5.92. The number of benzene rings is 1. The molecule has 3 aromatic heterocycles. The second-order valence-corrected chi connectivity index (χ2v) is 6.22. The highest BCUT2D eigenvalue weighted by Crippen LogP contribution is 2.19. The minimum atomic E-state index is -0.607. The summed E-state index contributed by atoms with van der Waals surface area (Å²) >= 11 is 0. The van der Waals surface area contributed by atoms with E-state index < -0.39 is 23.7 Å². The maximum atomic E-state index is 12.6. The minimum absolute atomic E-state index is 0.254. The maximum Gasteiger partial charge on any atom is 0.332 e. The Morgan fingerprint density at radius 3 is 2.81 bits per heavy atom. The van der Waals surface area contributed by atoms with Crippen LogP contribution >= 0.6 is 0 Å². The Hall–Kier alpha value is -3.69. The van der Waals surface area contributed by atoms with Crippen LogP contribution in [0.3, 0.4) is 0 Å². The first-order valence-electron chi connectivity index (χ1n) is 8.13. The lowest BCUT2D eigenvalue weighted by Gasteiger charge is -2.09. The van der Waals surface area contributed by atoms with Crippen molar-refractivity contribution in [3.63, 3.8) is 0 Å². The molecule has 10 nitrogen and oxygen atoms in total. The van der Waals surface area contributed by atoms with Crippen LogP contribution in [0.2, 0.25) is 0 Å². The van der Waals surface area contributed by atoms with Gasteiger partial charge in [0.15, 0.2) is 22.6 Å². The fourth-order valence-corrected chi connectivity index (χ4v) is 3.00. The van der Waals surface area contributed by atoms with E-state index in [9.17, 15) is 14.4 Å². The number of amides is 1. The van der Waals surface area contributed by atoms with Crippen molar-refractivity contribution < 1.29 is 9.21 Å². The molecule has 0 unspecified atom stereocenters. The number of fused-ring (bicyclic) bond motifs is 2. The number of nitrogens with one attached hydrogen (secondary N) is 1. The van der Waals surface area contributed by atoms with Crippen molar-refractivity contribution in [2.45, 2.75) is 13.5 Å². The predicted molar refractivity (Wildman–Crippen MR) is 97.6 cm³/mol. The lowest BCUT2D eigenvalue weighted by molar-refractivity contribution is -0.116. The van der Waals surface area contributed by atoms with Crippen LogP contribution in [0.5, 0.6) is 0 Å². The van der Waals surface area contributed by atoms with E-state index in [1.165, 1.54) is 22.5 Å². The third kappa shape index (κ3) is 2.71. The number of carbonyl (C=O) groups excluding carboxylic acids is 1. The fourth-order valence-electron chi connectivity index (χ4n) is 3.00. The summed E-state index contributed by atoms with van der Waals surface area (Å²) in [5.74, 6) is 0.0169. The van der Waals surface area contributed by atoms with Crippen molar-refractivity contribution in [3.05, 3.63) is 51.3 Å². The van der Waals surface area contributed by atoms with Gasteiger partial charge in [0, 0.05) is 26.7 Å². The molecule has 10 heteroatoms. The molecule has 3 heterocycles. The van der Waals surface area contributed by atoms with Crippen LogP contribution in [0.15, 0.2) is 38.5 Å². The van der Waals surface area contributed by atoms with Crippen molar-refractivity contribution in [2.24, 2.45) is 14.1 Å². The summed E-state index contributed by atoms with van der Waals surface area (Å²) in [7, 11) is 3.16. The van der Waals surface area contributed by atoms with Crippen LogP contribution in [0.1, 0.15) is 5.89 Å². The van der Waals surface area contributed by atoms with E-state index in [1.807, 2.05) is 0 Å². The molecule has 138 valence electrons. The third-order valence-corrected chi connectivity index (χ3v) is 4.28. The first-order chi connectivity index (χ1) is 12.8. The van der Waals surface area contributed by atoms with Gasteiger partial charge in [-0.25, -0.2) is 19.3 Å². The van der Waals surface area contributed by atoms with Crippen LogP contribution < -0.4 is 16.6 Å². The van der Waals surface area contributed by atoms with Gasteiger partial charge < -0.3 is 14.3 Å². The number of oxazole rings is 1. The van der Waals surface area contributed by atoms with Crippen molar-refractivity contribution in [2.75, 3.05) is 5.32 Å². The number of carbonyl (C=O) groups is 1. The SMILES string of the molecule is Cc1nc2cc(NC(=O)Cn3c(=O)c4c(ncn4C)n(C)c3=O)ccc2o1. The smallest absolute Gasteiger partial charge is 0.332 e. The normalized spacial score (nSPS) is 11.4. The van der Waals surface area contributed by atoms with E-state index in [4.69, 9.17) is 4.42 Å². The molecule has 4 aromatic rings. The molecule has 0 radical (unpaired) electrons. The summed E-state index contributed by atoms with van der Waals surface area (Å²) in [5.41, 5.74) is 1.06. The number of rotatable bonds is 3. The minimum Gasteiger partial charge on any atom is -0.441 e. The second-order valence-electron chi connectivity index (χ2n) is 6.22. The van der Waals surface area contributed by atoms with Crippen molar-refractivity contribution in [1.82, 2.24) is 23.7 Å². The van der Waals surface area contributed by atoms with Crippen LogP contribution in [-0.4, -0.2) is 29.6 Å². The molecule has 1 amide bonds. The molecule has 0 saturated heterocycles. The molecule has 0 fully saturated rings. The molecule has 0 atom stereocenters. The van der Waals surface area contributed by atoms with E-state index in [0.717, 1.165) is 4.57 Å². The van der Waals surface area contributed by atoms with Gasteiger partial charge >= 0.3 is 5.69 Å². The Morgan fingerprint density at radius 2 is 2.04 bits per heavy atom. The number of hydrogen-bond donors (Lipinski definition) is 1. The van der Waals surface area contributed by atoms with Gasteiger partial charge in [-0.15, -0.1) is 0 Å². The van der Waals surface area contributed by atoms with Crippen molar-refractivity contribution >= 4 is 33.9 Å². The van der Waals surface area contributed by atoms with Gasteiger partial charge in [0.2, 0.25) is 5.91 Å². The van der Waals surface area contributed by atoms with Gasteiger partial charge in [-0.1, -0.05) is 0 Å². The Kier molecular flexibility index (Phi) is 3.69. The lowest BCUT2D eigenvalue weighted by Crippen LogP contribution is -2.42. The number of aromatic nitrogens is 5. The van der Waals surface area contributed by atoms with Gasteiger partial charge in [-0.05, 0) is 18.2 Å². The lowest BCUT2D eigenvalue weighted by atomic mass is 10.3.